The topological polar surface area (TPSA) is 9.23 Å². The number of halogens is 2. The van der Waals surface area contributed by atoms with E-state index in [1.807, 2.05) is 13.0 Å². The quantitative estimate of drug-likeness (QED) is 0.412. The summed E-state index contributed by atoms with van der Waals surface area (Å²) >= 11 is 3.61. The smallest absolute Gasteiger partial charge is 0.137 e. The molecule has 0 amide bonds. The minimum absolute atomic E-state index is 0.202. The van der Waals surface area contributed by atoms with Gasteiger partial charge in [0.05, 0.1) is 4.47 Å². The maximum atomic E-state index is 13.8. The number of allylic oxidation sites excluding steroid dienone is 2. The first-order valence-electron chi connectivity index (χ1n) is 8.81. The summed E-state index contributed by atoms with van der Waals surface area (Å²) in [7, 11) is 0. The largest absolute Gasteiger partial charge is 0.487 e. The van der Waals surface area contributed by atoms with Crippen LogP contribution < -0.4 is 4.74 Å². The summed E-state index contributed by atoms with van der Waals surface area (Å²) in [5, 5.41) is 0. The van der Waals surface area contributed by atoms with Gasteiger partial charge in [0, 0.05) is 5.56 Å². The Morgan fingerprint density at radius 3 is 2.42 bits per heavy atom. The first-order chi connectivity index (χ1) is 12.3. The van der Waals surface area contributed by atoms with E-state index in [1.165, 1.54) is 22.8 Å². The summed E-state index contributed by atoms with van der Waals surface area (Å²) < 4.78 is 20.6. The summed E-state index contributed by atoms with van der Waals surface area (Å²) in [5.74, 6) is 0.514. The van der Waals surface area contributed by atoms with E-state index in [-0.39, 0.29) is 12.4 Å². The molecular formula is C23H26BrFO. The van der Waals surface area contributed by atoms with Gasteiger partial charge >= 0.3 is 0 Å². The van der Waals surface area contributed by atoms with Crippen LogP contribution in [0.3, 0.4) is 0 Å². The van der Waals surface area contributed by atoms with Crippen molar-refractivity contribution in [2.45, 2.75) is 46.6 Å². The molecule has 0 heterocycles. The zero-order chi connectivity index (χ0) is 19.3. The van der Waals surface area contributed by atoms with Crippen molar-refractivity contribution in [3.63, 3.8) is 0 Å². The highest BCUT2D eigenvalue weighted by Crippen LogP contribution is 2.35. The van der Waals surface area contributed by atoms with E-state index >= 15 is 0 Å². The molecule has 0 N–H and O–H groups in total. The minimum Gasteiger partial charge on any atom is -0.487 e. The molecule has 0 fully saturated rings. The maximum absolute atomic E-state index is 13.8. The Kier molecular flexibility index (Phi) is 7.22. The Bertz CT molecular complexity index is 823. The molecule has 0 spiro atoms. The molecule has 2 rings (SSSR count). The van der Waals surface area contributed by atoms with Crippen molar-refractivity contribution in [3.05, 3.63) is 87.2 Å². The lowest BCUT2D eigenvalue weighted by Crippen LogP contribution is -2.03. The van der Waals surface area contributed by atoms with Crippen LogP contribution in [0.15, 0.2) is 59.1 Å². The first-order valence-corrected chi connectivity index (χ1v) is 9.60. The summed E-state index contributed by atoms with van der Waals surface area (Å²) in [6.07, 6.45) is 2.65. The van der Waals surface area contributed by atoms with Crippen LogP contribution in [0.5, 0.6) is 5.75 Å². The fourth-order valence-electron chi connectivity index (χ4n) is 2.85. The summed E-state index contributed by atoms with van der Waals surface area (Å²) in [5.41, 5.74) is 6.38. The van der Waals surface area contributed by atoms with E-state index < -0.39 is 0 Å². The van der Waals surface area contributed by atoms with Crippen molar-refractivity contribution in [1.82, 2.24) is 0 Å². The molecule has 0 aliphatic heterocycles. The van der Waals surface area contributed by atoms with Gasteiger partial charge in [-0.25, -0.2) is 4.39 Å². The highest BCUT2D eigenvalue weighted by molar-refractivity contribution is 9.10. The van der Waals surface area contributed by atoms with Crippen LogP contribution in [0.2, 0.25) is 0 Å². The highest BCUT2D eigenvalue weighted by Gasteiger charge is 2.14. The zero-order valence-electron chi connectivity index (χ0n) is 15.8. The lowest BCUT2D eigenvalue weighted by molar-refractivity contribution is 0.295. The first kappa shape index (κ1) is 20.4. The predicted octanol–water partition coefficient (Wildman–Crippen LogP) is 7.24. The second-order valence-corrected chi connectivity index (χ2v) is 7.54. The number of hydrogen-bond donors (Lipinski definition) is 0. The van der Waals surface area contributed by atoms with Crippen LogP contribution in [-0.2, 0) is 13.0 Å². The summed E-state index contributed by atoms with van der Waals surface area (Å²) in [6.45, 7) is 14.7. The molecule has 0 saturated carbocycles. The summed E-state index contributed by atoms with van der Waals surface area (Å²) in [6, 6.07) is 8.76. The van der Waals surface area contributed by atoms with Gasteiger partial charge < -0.3 is 4.74 Å². The van der Waals surface area contributed by atoms with Crippen LogP contribution in [0, 0.1) is 19.7 Å². The maximum Gasteiger partial charge on any atom is 0.137 e. The van der Waals surface area contributed by atoms with Crippen LogP contribution in [0.4, 0.5) is 4.39 Å². The van der Waals surface area contributed by atoms with Gasteiger partial charge in [0.2, 0.25) is 0 Å². The molecule has 0 aliphatic carbocycles. The van der Waals surface area contributed by atoms with E-state index in [1.54, 1.807) is 12.1 Å². The number of rotatable bonds is 8. The number of benzene rings is 2. The minimum atomic E-state index is -0.248. The molecule has 1 nitrogen and oxygen atoms in total. The van der Waals surface area contributed by atoms with E-state index in [4.69, 9.17) is 4.74 Å². The van der Waals surface area contributed by atoms with Crippen LogP contribution in [0.1, 0.15) is 42.0 Å². The van der Waals surface area contributed by atoms with Crippen LogP contribution >= 0.6 is 15.9 Å². The Labute approximate surface area is 164 Å². The van der Waals surface area contributed by atoms with E-state index in [0.717, 1.165) is 40.6 Å². The van der Waals surface area contributed by atoms with Crippen molar-refractivity contribution in [2.24, 2.45) is 0 Å². The molecule has 0 atom stereocenters. The molecule has 2 aromatic carbocycles. The fraction of sp³-hybridized carbons (Fsp3) is 0.304. The number of hydrogen-bond acceptors (Lipinski definition) is 1. The Morgan fingerprint density at radius 1 is 1.08 bits per heavy atom. The SMILES string of the molecule is C=C(CC)CC(=C)Cc1cc(Br)c(OCc2ccccc2F)c(C)c1C. The van der Waals surface area contributed by atoms with Gasteiger partial charge in [0.1, 0.15) is 18.2 Å². The molecule has 26 heavy (non-hydrogen) atoms. The third-order valence-electron chi connectivity index (χ3n) is 4.67. The molecule has 0 radical (unpaired) electrons. The second kappa shape index (κ2) is 9.18. The van der Waals surface area contributed by atoms with Crippen molar-refractivity contribution < 1.29 is 9.13 Å². The van der Waals surface area contributed by atoms with Gasteiger partial charge in [-0.2, -0.15) is 0 Å². The average molecular weight is 417 g/mol. The van der Waals surface area contributed by atoms with Crippen molar-refractivity contribution >= 4 is 15.9 Å². The lowest BCUT2D eigenvalue weighted by Gasteiger charge is -2.18. The van der Waals surface area contributed by atoms with Gasteiger partial charge in [0.15, 0.2) is 0 Å². The van der Waals surface area contributed by atoms with Gasteiger partial charge in [-0.15, -0.1) is 0 Å². The molecular weight excluding hydrogens is 391 g/mol. The van der Waals surface area contributed by atoms with Crippen LogP contribution in [0.25, 0.3) is 0 Å². The highest BCUT2D eigenvalue weighted by atomic mass is 79.9. The van der Waals surface area contributed by atoms with Crippen molar-refractivity contribution in [1.29, 1.82) is 0 Å². The third-order valence-corrected chi connectivity index (χ3v) is 5.26. The van der Waals surface area contributed by atoms with Gasteiger partial charge in [-0.05, 0) is 77.9 Å². The summed E-state index contributed by atoms with van der Waals surface area (Å²) in [4.78, 5) is 0. The molecule has 0 aliphatic rings. The third kappa shape index (κ3) is 5.07. The van der Waals surface area contributed by atoms with E-state index in [9.17, 15) is 4.39 Å². The Balaban J connectivity index is 2.18. The van der Waals surface area contributed by atoms with Gasteiger partial charge in [-0.3, -0.25) is 0 Å². The Hall–Kier alpha value is -1.87. The lowest BCUT2D eigenvalue weighted by atomic mass is 9.94. The van der Waals surface area contributed by atoms with Crippen molar-refractivity contribution in [3.8, 4) is 5.75 Å². The fourth-order valence-corrected chi connectivity index (χ4v) is 3.54. The molecule has 0 bridgehead atoms. The van der Waals surface area contributed by atoms with Gasteiger partial charge in [0.25, 0.3) is 0 Å². The molecule has 2 aromatic rings. The predicted molar refractivity (Wildman–Crippen MR) is 111 cm³/mol. The second-order valence-electron chi connectivity index (χ2n) is 6.68. The zero-order valence-corrected chi connectivity index (χ0v) is 17.4. The number of ether oxygens (including phenoxy) is 1. The van der Waals surface area contributed by atoms with E-state index in [0.29, 0.717) is 5.56 Å². The molecule has 0 aromatic heterocycles. The average Bonchev–Trinajstić information content (AvgIpc) is 2.60. The van der Waals surface area contributed by atoms with Crippen molar-refractivity contribution in [2.75, 3.05) is 0 Å². The monoisotopic (exact) mass is 416 g/mol. The standard InChI is InChI=1S/C23H26BrFO/c1-6-15(2)11-16(3)12-20-13-21(24)23(18(5)17(20)4)26-14-19-9-7-8-10-22(19)25/h7-10,13H,2-3,6,11-12,14H2,1,4-5H3. The molecule has 138 valence electrons. The molecule has 0 unspecified atom stereocenters. The normalized spacial score (nSPS) is 10.7. The van der Waals surface area contributed by atoms with E-state index in [2.05, 4.69) is 49.0 Å². The van der Waals surface area contributed by atoms with Gasteiger partial charge in [-0.1, -0.05) is 49.4 Å². The van der Waals surface area contributed by atoms with Crippen LogP contribution in [-0.4, -0.2) is 0 Å². The molecule has 3 heteroatoms. The molecule has 0 saturated heterocycles. The Morgan fingerprint density at radius 2 is 1.77 bits per heavy atom.